The highest BCUT2D eigenvalue weighted by Crippen LogP contribution is 2.26. The molecule has 21 heavy (non-hydrogen) atoms. The molecule has 1 unspecified atom stereocenters. The Balaban J connectivity index is 2.24. The third-order valence-corrected chi connectivity index (χ3v) is 3.03. The van der Waals surface area contributed by atoms with E-state index >= 15 is 0 Å². The molecule has 0 fully saturated rings. The summed E-state index contributed by atoms with van der Waals surface area (Å²) < 4.78 is 21.0. The first kappa shape index (κ1) is 17.9. The summed E-state index contributed by atoms with van der Waals surface area (Å²) >= 11 is 0. The normalized spacial score (nSPS) is 12.4. The fourth-order valence-corrected chi connectivity index (χ4v) is 1.92. The van der Waals surface area contributed by atoms with E-state index in [1.807, 2.05) is 25.1 Å². The Morgan fingerprint density at radius 3 is 2.52 bits per heavy atom. The van der Waals surface area contributed by atoms with E-state index in [2.05, 4.69) is 0 Å². The maximum atomic E-state index is 10.2. The van der Waals surface area contributed by atoms with Crippen molar-refractivity contribution in [1.29, 1.82) is 0 Å². The summed E-state index contributed by atoms with van der Waals surface area (Å²) in [6.45, 7) is 4.53. The number of rotatable bonds is 11. The van der Waals surface area contributed by atoms with E-state index in [0.29, 0.717) is 32.2 Å². The molecule has 1 N–H and O–H groups in total. The molecule has 1 aromatic rings. The number of ether oxygens (including phenoxy) is 4. The van der Waals surface area contributed by atoms with Gasteiger partial charge >= 0.3 is 0 Å². The second-order valence-electron chi connectivity index (χ2n) is 4.79. The number of hydrogen-bond acceptors (Lipinski definition) is 5. The molecular weight excluding hydrogens is 272 g/mol. The molecule has 0 aliphatic carbocycles. The van der Waals surface area contributed by atoms with Gasteiger partial charge in [0.1, 0.15) is 11.9 Å². The van der Waals surface area contributed by atoms with Gasteiger partial charge in [0.15, 0.2) is 0 Å². The van der Waals surface area contributed by atoms with Crippen LogP contribution in [0.4, 0.5) is 0 Å². The highest BCUT2D eigenvalue weighted by molar-refractivity contribution is 5.38. The molecule has 0 saturated carbocycles. The predicted molar refractivity (Wildman–Crippen MR) is 80.8 cm³/mol. The zero-order valence-corrected chi connectivity index (χ0v) is 13.1. The van der Waals surface area contributed by atoms with Crippen LogP contribution in [-0.4, -0.2) is 52.4 Å². The van der Waals surface area contributed by atoms with Crippen LogP contribution in [0.5, 0.6) is 5.75 Å². The maximum absolute atomic E-state index is 10.2. The molecule has 0 aromatic heterocycles. The molecule has 0 heterocycles. The van der Waals surface area contributed by atoms with Gasteiger partial charge in [0.2, 0.25) is 0 Å². The van der Waals surface area contributed by atoms with Gasteiger partial charge in [-0.05, 0) is 25.5 Å². The number of benzene rings is 1. The largest absolute Gasteiger partial charge is 0.496 e. The van der Waals surface area contributed by atoms with Crippen LogP contribution in [0.2, 0.25) is 0 Å². The lowest BCUT2D eigenvalue weighted by molar-refractivity contribution is -0.000100. The van der Waals surface area contributed by atoms with Gasteiger partial charge in [-0.2, -0.15) is 0 Å². The molecule has 120 valence electrons. The van der Waals surface area contributed by atoms with Crippen LogP contribution in [0.3, 0.4) is 0 Å². The highest BCUT2D eigenvalue weighted by atomic mass is 16.5. The minimum Gasteiger partial charge on any atom is -0.496 e. The molecule has 1 aromatic carbocycles. The molecule has 0 spiro atoms. The second-order valence-corrected chi connectivity index (χ2v) is 4.79. The van der Waals surface area contributed by atoms with Gasteiger partial charge in [-0.1, -0.05) is 11.6 Å². The monoisotopic (exact) mass is 298 g/mol. The first-order valence-electron chi connectivity index (χ1n) is 7.16. The summed E-state index contributed by atoms with van der Waals surface area (Å²) in [5, 5.41) is 10.2. The van der Waals surface area contributed by atoms with Crippen molar-refractivity contribution in [3.05, 3.63) is 29.3 Å². The second kappa shape index (κ2) is 10.6. The molecule has 5 heteroatoms. The fraction of sp³-hybridized carbons (Fsp3) is 0.625. The lowest BCUT2D eigenvalue weighted by Crippen LogP contribution is -2.12. The van der Waals surface area contributed by atoms with Gasteiger partial charge in [0, 0.05) is 25.9 Å². The first-order valence-corrected chi connectivity index (χ1v) is 7.16. The van der Waals surface area contributed by atoms with E-state index in [4.69, 9.17) is 18.9 Å². The molecule has 1 atom stereocenters. The summed E-state index contributed by atoms with van der Waals surface area (Å²) in [7, 11) is 3.26. The van der Waals surface area contributed by atoms with Crippen molar-refractivity contribution in [2.75, 3.05) is 47.3 Å². The molecule has 0 bridgehead atoms. The molecule has 5 nitrogen and oxygen atoms in total. The van der Waals surface area contributed by atoms with Crippen LogP contribution in [0.1, 0.15) is 23.7 Å². The van der Waals surface area contributed by atoms with Crippen LogP contribution in [0, 0.1) is 6.92 Å². The molecule has 0 aliphatic rings. The van der Waals surface area contributed by atoms with Gasteiger partial charge in [0.25, 0.3) is 0 Å². The summed E-state index contributed by atoms with van der Waals surface area (Å²) in [5.74, 6) is 0.674. The third-order valence-electron chi connectivity index (χ3n) is 3.03. The Bertz CT molecular complexity index is 394. The minimum atomic E-state index is -0.701. The Morgan fingerprint density at radius 1 is 1.05 bits per heavy atom. The van der Waals surface area contributed by atoms with Crippen molar-refractivity contribution >= 4 is 0 Å². The van der Waals surface area contributed by atoms with Crippen molar-refractivity contribution in [1.82, 2.24) is 0 Å². The van der Waals surface area contributed by atoms with Crippen molar-refractivity contribution in [3.63, 3.8) is 0 Å². The van der Waals surface area contributed by atoms with E-state index in [9.17, 15) is 5.11 Å². The van der Waals surface area contributed by atoms with Crippen molar-refractivity contribution in [3.8, 4) is 5.75 Å². The zero-order chi connectivity index (χ0) is 15.5. The predicted octanol–water partition coefficient (Wildman–Crippen LogP) is 2.11. The SMILES string of the molecule is COCCCOCCOCC(O)c1cc(C)ccc1OC. The van der Waals surface area contributed by atoms with Gasteiger partial charge in [-0.15, -0.1) is 0 Å². The van der Waals surface area contributed by atoms with Crippen LogP contribution < -0.4 is 4.74 Å². The van der Waals surface area contributed by atoms with Crippen molar-refractivity contribution in [2.45, 2.75) is 19.4 Å². The lowest BCUT2D eigenvalue weighted by atomic mass is 10.1. The van der Waals surface area contributed by atoms with Crippen molar-refractivity contribution in [2.24, 2.45) is 0 Å². The summed E-state index contributed by atoms with van der Waals surface area (Å²) in [6.07, 6.45) is 0.174. The summed E-state index contributed by atoms with van der Waals surface area (Å²) in [5.41, 5.74) is 1.82. The van der Waals surface area contributed by atoms with Crippen LogP contribution in [-0.2, 0) is 14.2 Å². The molecule has 0 saturated heterocycles. The minimum absolute atomic E-state index is 0.223. The van der Waals surface area contributed by atoms with Crippen LogP contribution in [0.25, 0.3) is 0 Å². The number of hydrogen-bond donors (Lipinski definition) is 1. The Morgan fingerprint density at radius 2 is 1.81 bits per heavy atom. The Kier molecular flexibility index (Phi) is 9.01. The third kappa shape index (κ3) is 6.91. The van der Waals surface area contributed by atoms with Gasteiger partial charge in [0.05, 0.1) is 26.9 Å². The molecule has 0 amide bonds. The van der Waals surface area contributed by atoms with Crippen LogP contribution in [0.15, 0.2) is 18.2 Å². The Hall–Kier alpha value is -1.14. The zero-order valence-electron chi connectivity index (χ0n) is 13.1. The van der Waals surface area contributed by atoms with E-state index in [-0.39, 0.29) is 6.61 Å². The molecule has 0 aliphatic heterocycles. The molecule has 0 radical (unpaired) electrons. The van der Waals surface area contributed by atoms with Crippen LogP contribution >= 0.6 is 0 Å². The number of aryl methyl sites for hydroxylation is 1. The molecule has 1 rings (SSSR count). The standard InChI is InChI=1S/C16H26O5/c1-13-5-6-16(19-3)14(11-13)15(17)12-21-10-9-20-8-4-7-18-2/h5-6,11,15,17H,4,7-10,12H2,1-3H3. The topological polar surface area (TPSA) is 57.2 Å². The lowest BCUT2D eigenvalue weighted by Gasteiger charge is -2.16. The maximum Gasteiger partial charge on any atom is 0.124 e. The van der Waals surface area contributed by atoms with E-state index in [0.717, 1.165) is 17.5 Å². The average Bonchev–Trinajstić information content (AvgIpc) is 2.49. The van der Waals surface area contributed by atoms with E-state index in [1.165, 1.54) is 0 Å². The van der Waals surface area contributed by atoms with Gasteiger partial charge < -0.3 is 24.1 Å². The number of aliphatic hydroxyl groups excluding tert-OH is 1. The summed E-state index contributed by atoms with van der Waals surface area (Å²) in [6, 6.07) is 5.71. The smallest absolute Gasteiger partial charge is 0.124 e. The number of aliphatic hydroxyl groups is 1. The highest BCUT2D eigenvalue weighted by Gasteiger charge is 2.13. The van der Waals surface area contributed by atoms with E-state index in [1.54, 1.807) is 14.2 Å². The first-order chi connectivity index (χ1) is 10.2. The van der Waals surface area contributed by atoms with Gasteiger partial charge in [-0.25, -0.2) is 0 Å². The summed E-state index contributed by atoms with van der Waals surface area (Å²) in [4.78, 5) is 0. The fourth-order valence-electron chi connectivity index (χ4n) is 1.92. The van der Waals surface area contributed by atoms with E-state index < -0.39 is 6.10 Å². The number of methoxy groups -OCH3 is 2. The average molecular weight is 298 g/mol. The quantitative estimate of drug-likeness (QED) is 0.634. The Labute approximate surface area is 126 Å². The van der Waals surface area contributed by atoms with Crippen molar-refractivity contribution < 1.29 is 24.1 Å². The molecular formula is C16H26O5. The van der Waals surface area contributed by atoms with Gasteiger partial charge in [-0.3, -0.25) is 0 Å².